The van der Waals surface area contributed by atoms with Gasteiger partial charge >= 0.3 is 5.97 Å². The Labute approximate surface area is 123 Å². The van der Waals surface area contributed by atoms with E-state index in [0.717, 1.165) is 0 Å². The minimum absolute atomic E-state index is 0.393. The normalized spacial score (nSPS) is 49.8. The Morgan fingerprint density at radius 2 is 1.59 bits per heavy atom. The monoisotopic (exact) mass is 326 g/mol. The summed E-state index contributed by atoms with van der Waals surface area (Å²) in [5.41, 5.74) is 0. The minimum atomic E-state index is -1.93. The Kier molecular flexibility index (Phi) is 5.32. The molecule has 2 aliphatic rings. The van der Waals surface area contributed by atoms with Gasteiger partial charge in [-0.25, -0.2) is 4.79 Å². The van der Waals surface area contributed by atoms with E-state index in [4.69, 9.17) is 14.6 Å². The molecule has 0 amide bonds. The molecule has 2 aliphatic heterocycles. The van der Waals surface area contributed by atoms with E-state index in [0.29, 0.717) is 0 Å². The number of carbonyl (C=O) groups is 1. The maximum Gasteiger partial charge on any atom is 0.335 e. The highest BCUT2D eigenvalue weighted by Crippen LogP contribution is 2.26. The summed E-state index contributed by atoms with van der Waals surface area (Å²) in [6, 6.07) is 0. The van der Waals surface area contributed by atoms with Crippen LogP contribution in [-0.2, 0) is 19.0 Å². The Morgan fingerprint density at radius 1 is 0.955 bits per heavy atom. The number of aliphatic carboxylic acids is 1. The van der Waals surface area contributed by atoms with Crippen molar-refractivity contribution in [2.24, 2.45) is 0 Å². The molecule has 2 heterocycles. The first-order chi connectivity index (χ1) is 10.2. The predicted octanol–water partition coefficient (Wildman–Crippen LogP) is -4.67. The second-order valence-electron chi connectivity index (χ2n) is 5.12. The maximum atomic E-state index is 11.1. The van der Waals surface area contributed by atoms with E-state index < -0.39 is 67.9 Å². The van der Waals surface area contributed by atoms with E-state index in [9.17, 15) is 35.4 Å². The molecule has 0 saturated carbocycles. The molecule has 7 N–H and O–H groups in total. The van der Waals surface area contributed by atoms with Gasteiger partial charge in [-0.15, -0.1) is 0 Å². The third kappa shape index (κ3) is 3.22. The molecule has 0 aromatic carbocycles. The van der Waals surface area contributed by atoms with Gasteiger partial charge in [0.2, 0.25) is 0 Å². The second kappa shape index (κ2) is 6.70. The molecule has 2 rings (SSSR count). The second-order valence-corrected chi connectivity index (χ2v) is 5.12. The fourth-order valence-electron chi connectivity index (χ4n) is 2.25. The molecule has 0 aliphatic carbocycles. The Hall–Kier alpha value is -0.890. The molecule has 11 nitrogen and oxygen atoms in total. The molecule has 1 unspecified atom stereocenters. The molecule has 0 aromatic rings. The number of hydrogen-bond donors (Lipinski definition) is 7. The number of aliphatic hydroxyl groups excluding tert-OH is 6. The van der Waals surface area contributed by atoms with Gasteiger partial charge in [0.05, 0.1) is 6.61 Å². The highest BCUT2D eigenvalue weighted by Gasteiger charge is 2.50. The molecular weight excluding hydrogens is 308 g/mol. The highest BCUT2D eigenvalue weighted by atomic mass is 16.7. The third-order valence-electron chi connectivity index (χ3n) is 3.55. The third-order valence-corrected chi connectivity index (χ3v) is 3.55. The summed E-state index contributed by atoms with van der Waals surface area (Å²) in [6.07, 6.45) is -15.4. The lowest BCUT2D eigenvalue weighted by Crippen LogP contribution is -2.63. The average Bonchev–Trinajstić information content (AvgIpc) is 2.47. The first-order valence-corrected chi connectivity index (χ1v) is 6.47. The van der Waals surface area contributed by atoms with Crippen molar-refractivity contribution in [3.8, 4) is 0 Å². The SMILES string of the molecule is O=C(O)[C@H]1OC(O)[C@H](O)[C@@H](O)[C@@H]1O[C@@H]1OC[C@@H](O)[C@H](O)[C@H]1O. The topological polar surface area (TPSA) is 186 Å². The molecule has 2 saturated heterocycles. The fourth-order valence-corrected chi connectivity index (χ4v) is 2.25. The van der Waals surface area contributed by atoms with Crippen LogP contribution in [0.1, 0.15) is 0 Å². The molecule has 9 atom stereocenters. The number of carboxylic acids is 1. The van der Waals surface area contributed by atoms with Crippen molar-refractivity contribution in [2.45, 2.75) is 55.3 Å². The van der Waals surface area contributed by atoms with Crippen LogP contribution in [0.4, 0.5) is 0 Å². The van der Waals surface area contributed by atoms with E-state index in [2.05, 4.69) is 4.74 Å². The van der Waals surface area contributed by atoms with Crippen molar-refractivity contribution in [2.75, 3.05) is 6.61 Å². The average molecular weight is 326 g/mol. The van der Waals surface area contributed by atoms with E-state index in [1.165, 1.54) is 0 Å². The van der Waals surface area contributed by atoms with Crippen LogP contribution in [0.15, 0.2) is 0 Å². The maximum absolute atomic E-state index is 11.1. The van der Waals surface area contributed by atoms with Crippen LogP contribution in [0.25, 0.3) is 0 Å². The smallest absolute Gasteiger partial charge is 0.335 e. The van der Waals surface area contributed by atoms with Crippen LogP contribution >= 0.6 is 0 Å². The van der Waals surface area contributed by atoms with E-state index in [1.54, 1.807) is 0 Å². The van der Waals surface area contributed by atoms with Crippen molar-refractivity contribution in [1.29, 1.82) is 0 Å². The molecule has 22 heavy (non-hydrogen) atoms. The summed E-state index contributed by atoms with van der Waals surface area (Å²) in [6.45, 7) is -0.393. The van der Waals surface area contributed by atoms with Gasteiger partial charge in [0.25, 0.3) is 0 Å². The number of hydrogen-bond acceptors (Lipinski definition) is 10. The highest BCUT2D eigenvalue weighted by molar-refractivity contribution is 5.73. The summed E-state index contributed by atoms with van der Waals surface area (Å²) in [7, 11) is 0. The van der Waals surface area contributed by atoms with Gasteiger partial charge in [0, 0.05) is 0 Å². The molecule has 11 heteroatoms. The van der Waals surface area contributed by atoms with Crippen LogP contribution in [0.3, 0.4) is 0 Å². The number of rotatable bonds is 3. The van der Waals surface area contributed by atoms with Gasteiger partial charge in [0.1, 0.15) is 36.6 Å². The zero-order valence-corrected chi connectivity index (χ0v) is 11.2. The summed E-state index contributed by atoms with van der Waals surface area (Å²) in [4.78, 5) is 11.1. The van der Waals surface area contributed by atoms with E-state index in [1.807, 2.05) is 0 Å². The zero-order valence-electron chi connectivity index (χ0n) is 11.2. The molecule has 128 valence electrons. The van der Waals surface area contributed by atoms with Gasteiger partial charge in [0.15, 0.2) is 18.7 Å². The van der Waals surface area contributed by atoms with Crippen LogP contribution in [0.5, 0.6) is 0 Å². The largest absolute Gasteiger partial charge is 0.479 e. The molecule has 0 spiro atoms. The molecule has 0 aromatic heterocycles. The van der Waals surface area contributed by atoms with Gasteiger partial charge in [-0.3, -0.25) is 0 Å². The Bertz CT molecular complexity index is 403. The number of carboxylic acid groups (broad SMARTS) is 1. The summed E-state index contributed by atoms with van der Waals surface area (Å²) in [5, 5.41) is 66.2. The lowest BCUT2D eigenvalue weighted by molar-refractivity contribution is -0.337. The van der Waals surface area contributed by atoms with Gasteiger partial charge in [-0.1, -0.05) is 0 Å². The van der Waals surface area contributed by atoms with E-state index in [-0.39, 0.29) is 0 Å². The number of aliphatic hydroxyl groups is 6. The lowest BCUT2D eigenvalue weighted by atomic mass is 9.98. The Balaban J connectivity index is 2.12. The minimum Gasteiger partial charge on any atom is -0.479 e. The summed E-state index contributed by atoms with van der Waals surface area (Å²) >= 11 is 0. The number of ether oxygens (including phenoxy) is 3. The molecular formula is C11H18O11. The van der Waals surface area contributed by atoms with Crippen LogP contribution in [0.2, 0.25) is 0 Å². The molecule has 2 fully saturated rings. The summed E-state index contributed by atoms with van der Waals surface area (Å²) in [5.74, 6) is -1.58. The predicted molar refractivity (Wildman–Crippen MR) is 63.2 cm³/mol. The van der Waals surface area contributed by atoms with Crippen molar-refractivity contribution in [3.05, 3.63) is 0 Å². The zero-order chi connectivity index (χ0) is 16.6. The van der Waals surface area contributed by atoms with E-state index >= 15 is 0 Å². The first-order valence-electron chi connectivity index (χ1n) is 6.47. The standard InChI is InChI=1S/C11H18O11/c12-2-1-20-11(6(16)3(2)13)22-7-4(14)5(15)10(19)21-8(7)9(17)18/h2-8,10-16,19H,1H2,(H,17,18)/t2-,3+,4-,5-,6-,7+,8+,10?,11+/m1/s1. The van der Waals surface area contributed by atoms with Gasteiger partial charge < -0.3 is 50.0 Å². The van der Waals surface area contributed by atoms with Crippen LogP contribution < -0.4 is 0 Å². The molecule has 0 bridgehead atoms. The first kappa shape index (κ1) is 17.5. The van der Waals surface area contributed by atoms with Crippen LogP contribution in [-0.4, -0.2) is 104 Å². The fraction of sp³-hybridized carbons (Fsp3) is 0.909. The van der Waals surface area contributed by atoms with Crippen molar-refractivity contribution < 1.29 is 54.8 Å². The summed E-state index contributed by atoms with van der Waals surface area (Å²) < 4.78 is 14.7. The van der Waals surface area contributed by atoms with Gasteiger partial charge in [-0.2, -0.15) is 0 Å². The van der Waals surface area contributed by atoms with Crippen LogP contribution in [0, 0.1) is 0 Å². The lowest BCUT2D eigenvalue weighted by Gasteiger charge is -2.42. The van der Waals surface area contributed by atoms with Gasteiger partial charge in [-0.05, 0) is 0 Å². The van der Waals surface area contributed by atoms with Crippen molar-refractivity contribution in [1.82, 2.24) is 0 Å². The van der Waals surface area contributed by atoms with Crippen molar-refractivity contribution >= 4 is 5.97 Å². The quantitative estimate of drug-likeness (QED) is 0.264. The van der Waals surface area contributed by atoms with Crippen molar-refractivity contribution in [3.63, 3.8) is 0 Å². The molecule has 0 radical (unpaired) electrons. The Morgan fingerprint density at radius 3 is 2.18 bits per heavy atom.